The zero-order chi connectivity index (χ0) is 32.3. The summed E-state index contributed by atoms with van der Waals surface area (Å²) in [6.07, 6.45) is 11.4. The Bertz CT molecular complexity index is 1630. The molecular formula is C37H46IrNO3-. The van der Waals surface area contributed by atoms with Gasteiger partial charge in [0.25, 0.3) is 0 Å². The monoisotopic (exact) mass is 748 g/mol. The fraction of sp³-hybridized carbons (Fsp3) is 0.459. The van der Waals surface area contributed by atoms with Gasteiger partial charge in [0.15, 0.2) is 5.78 Å². The SMILES string of the molecule is CCC(C)(C)C(=O)/C=C(\O)C(C)(C)CC.[2H]C([2H])([2H])c1ccc2c(c1)oc1c(-c3ccc(CC4CCCC4)cn3)[c-]ccc12.[Ir]. The molecule has 2 aromatic heterocycles. The van der Waals surface area contributed by atoms with Crippen molar-refractivity contribution in [1.82, 2.24) is 4.98 Å². The molecule has 1 radical (unpaired) electrons. The van der Waals surface area contributed by atoms with Crippen molar-refractivity contribution in [3.63, 3.8) is 0 Å². The van der Waals surface area contributed by atoms with Crippen molar-refractivity contribution in [2.45, 2.75) is 93.3 Å². The first-order valence-corrected chi connectivity index (χ1v) is 14.9. The van der Waals surface area contributed by atoms with E-state index >= 15 is 0 Å². The van der Waals surface area contributed by atoms with Gasteiger partial charge < -0.3 is 14.5 Å². The Balaban J connectivity index is 0.000000297. The first kappa shape index (κ1) is 29.3. The number of rotatable bonds is 8. The van der Waals surface area contributed by atoms with Crippen LogP contribution in [0.1, 0.15) is 95.3 Å². The van der Waals surface area contributed by atoms with Gasteiger partial charge in [-0.2, -0.15) is 0 Å². The van der Waals surface area contributed by atoms with Crippen LogP contribution in [0.5, 0.6) is 0 Å². The first-order valence-electron chi connectivity index (χ1n) is 16.4. The van der Waals surface area contributed by atoms with E-state index in [2.05, 4.69) is 17.1 Å². The van der Waals surface area contributed by atoms with Gasteiger partial charge in [0.1, 0.15) is 11.3 Å². The molecule has 0 atom stereocenters. The minimum Gasteiger partial charge on any atom is -0.512 e. The quantitative estimate of drug-likeness (QED) is 0.111. The predicted molar refractivity (Wildman–Crippen MR) is 170 cm³/mol. The molecule has 1 aliphatic carbocycles. The Morgan fingerprint density at radius 3 is 2.40 bits per heavy atom. The molecule has 0 amide bonds. The predicted octanol–water partition coefficient (Wildman–Crippen LogP) is 10.4. The Morgan fingerprint density at radius 2 is 1.79 bits per heavy atom. The van der Waals surface area contributed by atoms with Crippen LogP contribution in [0.4, 0.5) is 0 Å². The summed E-state index contributed by atoms with van der Waals surface area (Å²) in [6.45, 7) is 9.50. The number of fused-ring (bicyclic) bond motifs is 3. The summed E-state index contributed by atoms with van der Waals surface area (Å²) in [6, 6.07) is 16.4. The average molecular weight is 748 g/mol. The van der Waals surface area contributed by atoms with Gasteiger partial charge in [0.2, 0.25) is 0 Å². The third-order valence-electron chi connectivity index (χ3n) is 8.91. The molecular weight excluding hydrogens is 699 g/mol. The van der Waals surface area contributed by atoms with Crippen molar-refractivity contribution in [2.75, 3.05) is 0 Å². The molecule has 0 saturated heterocycles. The third-order valence-corrected chi connectivity index (χ3v) is 8.91. The number of carbonyl (C=O) groups excluding carboxylic acids is 1. The van der Waals surface area contributed by atoms with Crippen LogP contribution in [0.3, 0.4) is 0 Å². The van der Waals surface area contributed by atoms with Crippen LogP contribution in [0.2, 0.25) is 0 Å². The first-order chi connectivity index (χ1) is 20.7. The van der Waals surface area contributed by atoms with E-state index in [-0.39, 0.29) is 48.0 Å². The smallest absolute Gasteiger partial charge is 0.164 e. The number of pyridine rings is 1. The number of aliphatic hydroxyl groups excluding tert-OH is 1. The van der Waals surface area contributed by atoms with E-state index in [1.807, 2.05) is 72.0 Å². The molecule has 0 unspecified atom stereocenters. The van der Waals surface area contributed by atoms with Gasteiger partial charge >= 0.3 is 0 Å². The standard InChI is InChI=1S/C24H22NO.C13H24O2.Ir/c1-16-9-11-19-20-7-4-8-21(24(20)26-23(19)13-16)22-12-10-18(15-25-22)14-17-5-2-3-6-17;1-7-12(3,4)10(14)9-11(15)13(5,6)8-2;/h4,7,9-13,15,17H,2-3,5-6,14H2,1H3;9,14H,7-8H2,1-6H3;/q-1;;/b;10-9-;/i1D3;;. The van der Waals surface area contributed by atoms with E-state index in [1.165, 1.54) is 37.3 Å². The maximum atomic E-state index is 11.8. The van der Waals surface area contributed by atoms with E-state index in [9.17, 15) is 9.90 Å². The van der Waals surface area contributed by atoms with Gasteiger partial charge in [-0.15, -0.1) is 18.2 Å². The maximum Gasteiger partial charge on any atom is 0.164 e. The summed E-state index contributed by atoms with van der Waals surface area (Å²) in [5, 5.41) is 11.7. The number of furan rings is 1. The maximum absolute atomic E-state index is 11.8. The zero-order valence-corrected chi connectivity index (χ0v) is 28.2. The van der Waals surface area contributed by atoms with Crippen LogP contribution in [-0.4, -0.2) is 15.9 Å². The number of aromatic nitrogens is 1. The molecule has 4 nitrogen and oxygen atoms in total. The Morgan fingerprint density at radius 1 is 1.07 bits per heavy atom. The van der Waals surface area contributed by atoms with Gasteiger partial charge in [-0.3, -0.25) is 4.79 Å². The van der Waals surface area contributed by atoms with E-state index in [0.717, 1.165) is 47.2 Å². The number of ketones is 1. The Labute approximate surface area is 269 Å². The molecule has 227 valence electrons. The summed E-state index contributed by atoms with van der Waals surface area (Å²) in [5.41, 5.74) is 3.77. The molecule has 2 heterocycles. The molecule has 42 heavy (non-hydrogen) atoms. The van der Waals surface area contributed by atoms with Crippen LogP contribution in [0, 0.1) is 29.7 Å². The summed E-state index contributed by atoms with van der Waals surface area (Å²) in [7, 11) is 0. The Kier molecular flexibility index (Phi) is 9.88. The van der Waals surface area contributed by atoms with Crippen LogP contribution in [0.25, 0.3) is 33.2 Å². The van der Waals surface area contributed by atoms with Gasteiger partial charge in [0.05, 0.1) is 5.58 Å². The van der Waals surface area contributed by atoms with Crippen molar-refractivity contribution >= 4 is 27.7 Å². The van der Waals surface area contributed by atoms with Crippen molar-refractivity contribution in [3.8, 4) is 11.3 Å². The largest absolute Gasteiger partial charge is 0.512 e. The minimum atomic E-state index is -2.15. The molecule has 5 rings (SSSR count). The molecule has 0 bridgehead atoms. The molecule has 5 heteroatoms. The topological polar surface area (TPSA) is 63.3 Å². The average Bonchev–Trinajstić information content (AvgIpc) is 3.64. The van der Waals surface area contributed by atoms with Crippen molar-refractivity contribution in [2.24, 2.45) is 16.7 Å². The van der Waals surface area contributed by atoms with Crippen LogP contribution < -0.4 is 0 Å². The second kappa shape index (κ2) is 14.1. The fourth-order valence-electron chi connectivity index (χ4n) is 5.04. The number of hydrogen-bond donors (Lipinski definition) is 1. The molecule has 4 aromatic rings. The molecule has 1 aliphatic rings. The second-order valence-corrected chi connectivity index (χ2v) is 12.7. The molecule has 0 aliphatic heterocycles. The van der Waals surface area contributed by atoms with Gasteiger partial charge in [-0.1, -0.05) is 102 Å². The van der Waals surface area contributed by atoms with Crippen LogP contribution >= 0.6 is 0 Å². The Hall–Kier alpha value is -2.75. The zero-order valence-electron chi connectivity index (χ0n) is 28.8. The fourth-order valence-corrected chi connectivity index (χ4v) is 5.04. The number of carbonyl (C=O) groups is 1. The van der Waals surface area contributed by atoms with Gasteiger partial charge in [-0.25, -0.2) is 0 Å². The van der Waals surface area contributed by atoms with Gasteiger partial charge in [0, 0.05) is 52.7 Å². The summed E-state index contributed by atoms with van der Waals surface area (Å²) in [4.78, 5) is 16.5. The number of benzene rings is 2. The normalized spacial score (nSPS) is 15.9. The summed E-state index contributed by atoms with van der Waals surface area (Å²) >= 11 is 0. The number of aliphatic hydroxyl groups is 1. The molecule has 1 fully saturated rings. The van der Waals surface area contributed by atoms with E-state index < -0.39 is 6.85 Å². The van der Waals surface area contributed by atoms with Crippen molar-refractivity contribution in [1.29, 1.82) is 0 Å². The van der Waals surface area contributed by atoms with E-state index in [4.69, 9.17) is 8.53 Å². The van der Waals surface area contributed by atoms with E-state index in [1.54, 1.807) is 12.1 Å². The number of hydrogen-bond acceptors (Lipinski definition) is 4. The van der Waals surface area contributed by atoms with Gasteiger partial charge in [-0.05, 0) is 54.9 Å². The number of allylic oxidation sites excluding steroid dienone is 2. The molecule has 1 N–H and O–H groups in total. The van der Waals surface area contributed by atoms with Crippen LogP contribution in [-0.2, 0) is 31.3 Å². The molecule has 0 spiro atoms. The number of aryl methyl sites for hydroxylation is 1. The molecule has 2 aromatic carbocycles. The second-order valence-electron chi connectivity index (χ2n) is 12.7. The minimum absolute atomic E-state index is 0. The van der Waals surface area contributed by atoms with E-state index in [0.29, 0.717) is 11.2 Å². The third kappa shape index (κ3) is 7.79. The summed E-state index contributed by atoms with van der Waals surface area (Å²) in [5.74, 6) is 0.987. The van der Waals surface area contributed by atoms with Crippen molar-refractivity contribution in [3.05, 3.63) is 77.7 Å². The number of nitrogens with zero attached hydrogens (tertiary/aromatic N) is 1. The molecule has 1 saturated carbocycles. The summed E-state index contributed by atoms with van der Waals surface area (Å²) < 4.78 is 29.0. The van der Waals surface area contributed by atoms with Crippen LogP contribution in [0.15, 0.2) is 64.9 Å². The van der Waals surface area contributed by atoms with Crippen molar-refractivity contribution < 1.29 is 38.5 Å².